The largest absolute Gasteiger partial charge is 0.326 e. The number of rotatable bonds is 5. The van der Waals surface area contributed by atoms with Crippen molar-refractivity contribution < 1.29 is 9.59 Å². The van der Waals surface area contributed by atoms with Gasteiger partial charge in [-0.25, -0.2) is 0 Å². The number of anilines is 2. The predicted molar refractivity (Wildman–Crippen MR) is 119 cm³/mol. The Balaban J connectivity index is 1.44. The predicted octanol–water partition coefficient (Wildman–Crippen LogP) is 5.37. The van der Waals surface area contributed by atoms with Gasteiger partial charge in [0.25, 0.3) is 0 Å². The molecule has 2 N–H and O–H groups in total. The fourth-order valence-corrected chi connectivity index (χ4v) is 4.50. The van der Waals surface area contributed by atoms with Crippen LogP contribution in [0.2, 0.25) is 5.02 Å². The van der Waals surface area contributed by atoms with E-state index in [1.54, 1.807) is 12.1 Å². The normalized spacial score (nSPS) is 15.3. The van der Waals surface area contributed by atoms with Gasteiger partial charge in [-0.2, -0.15) is 0 Å². The van der Waals surface area contributed by atoms with Crippen molar-refractivity contribution in [2.45, 2.75) is 23.0 Å². The van der Waals surface area contributed by atoms with E-state index >= 15 is 0 Å². The van der Waals surface area contributed by atoms with Crippen LogP contribution in [0.25, 0.3) is 0 Å². The van der Waals surface area contributed by atoms with Gasteiger partial charge in [-0.3, -0.25) is 9.59 Å². The molecule has 0 fully saturated rings. The summed E-state index contributed by atoms with van der Waals surface area (Å²) in [5, 5.41) is 5.90. The first-order valence-corrected chi connectivity index (χ1v) is 10.5. The lowest BCUT2D eigenvalue weighted by Gasteiger charge is -2.24. The van der Waals surface area contributed by atoms with Gasteiger partial charge in [-0.05, 0) is 41.8 Å². The van der Waals surface area contributed by atoms with Crippen LogP contribution in [-0.2, 0) is 16.0 Å². The second-order valence-electron chi connectivity index (χ2n) is 6.81. The van der Waals surface area contributed by atoms with Crippen LogP contribution in [0.1, 0.15) is 17.5 Å². The molecule has 0 aromatic heterocycles. The lowest BCUT2D eigenvalue weighted by atomic mass is 10.0. The van der Waals surface area contributed by atoms with E-state index in [2.05, 4.69) is 22.8 Å². The molecule has 3 aromatic carbocycles. The SMILES string of the molecule is O=C(CC1Sc2ccc(Cl)cc2NC1=O)Nc1ccccc1Cc1ccccc1. The van der Waals surface area contributed by atoms with Crippen LogP contribution in [0.4, 0.5) is 11.4 Å². The highest BCUT2D eigenvalue weighted by Crippen LogP contribution is 2.38. The summed E-state index contributed by atoms with van der Waals surface area (Å²) in [6.07, 6.45) is 0.822. The molecule has 2 amide bonds. The molecule has 1 aliphatic heterocycles. The number of fused-ring (bicyclic) bond motifs is 1. The van der Waals surface area contributed by atoms with E-state index in [9.17, 15) is 9.59 Å². The summed E-state index contributed by atoms with van der Waals surface area (Å²) >= 11 is 7.37. The average Bonchev–Trinajstić information content (AvgIpc) is 2.71. The highest BCUT2D eigenvalue weighted by atomic mass is 35.5. The van der Waals surface area contributed by atoms with E-state index in [4.69, 9.17) is 11.6 Å². The standard InChI is InChI=1S/C23H19ClN2O2S/c24-17-10-11-20-19(13-17)26-23(28)21(29-20)14-22(27)25-18-9-5-4-8-16(18)12-15-6-2-1-3-7-15/h1-11,13,21H,12,14H2,(H,25,27)(H,26,28). The summed E-state index contributed by atoms with van der Waals surface area (Å²) in [4.78, 5) is 26.0. The summed E-state index contributed by atoms with van der Waals surface area (Å²) in [7, 11) is 0. The van der Waals surface area contributed by atoms with Gasteiger partial charge in [0.15, 0.2) is 0 Å². The van der Waals surface area contributed by atoms with Gasteiger partial charge >= 0.3 is 0 Å². The van der Waals surface area contributed by atoms with Gasteiger partial charge in [0.2, 0.25) is 11.8 Å². The first kappa shape index (κ1) is 19.6. The lowest BCUT2D eigenvalue weighted by Crippen LogP contribution is -2.32. The van der Waals surface area contributed by atoms with Crippen LogP contribution in [0.15, 0.2) is 77.7 Å². The van der Waals surface area contributed by atoms with Gasteiger partial charge in [-0.1, -0.05) is 60.1 Å². The van der Waals surface area contributed by atoms with Crippen molar-refractivity contribution in [3.8, 4) is 0 Å². The Morgan fingerprint density at radius 3 is 2.62 bits per heavy atom. The Morgan fingerprint density at radius 2 is 1.79 bits per heavy atom. The maximum Gasteiger partial charge on any atom is 0.238 e. The summed E-state index contributed by atoms with van der Waals surface area (Å²) in [6, 6.07) is 23.2. The molecular formula is C23H19ClN2O2S. The number of amides is 2. The number of hydrogen-bond donors (Lipinski definition) is 2. The fraction of sp³-hybridized carbons (Fsp3) is 0.130. The molecular weight excluding hydrogens is 404 g/mol. The second-order valence-corrected chi connectivity index (χ2v) is 8.49. The van der Waals surface area contributed by atoms with Crippen molar-refractivity contribution in [2.75, 3.05) is 10.6 Å². The van der Waals surface area contributed by atoms with Crippen LogP contribution in [-0.4, -0.2) is 17.1 Å². The first-order chi connectivity index (χ1) is 14.1. The number of halogens is 1. The monoisotopic (exact) mass is 422 g/mol. The Hall–Kier alpha value is -2.76. The number of thioether (sulfide) groups is 1. The number of para-hydroxylation sites is 1. The quantitative estimate of drug-likeness (QED) is 0.581. The molecule has 146 valence electrons. The molecule has 0 aliphatic carbocycles. The van der Waals surface area contributed by atoms with Crippen LogP contribution in [0, 0.1) is 0 Å². The molecule has 4 nitrogen and oxygen atoms in total. The molecule has 6 heteroatoms. The van der Waals surface area contributed by atoms with Crippen molar-refractivity contribution in [1.82, 2.24) is 0 Å². The molecule has 1 unspecified atom stereocenters. The summed E-state index contributed by atoms with van der Waals surface area (Å²) < 4.78 is 0. The van der Waals surface area contributed by atoms with Gasteiger partial charge in [0.05, 0.1) is 10.9 Å². The van der Waals surface area contributed by atoms with Crippen molar-refractivity contribution in [1.29, 1.82) is 0 Å². The molecule has 1 aliphatic rings. The third-order valence-corrected chi connectivity index (χ3v) is 6.17. The Bertz CT molecular complexity index is 1060. The van der Waals surface area contributed by atoms with Crippen molar-refractivity contribution in [3.63, 3.8) is 0 Å². The average molecular weight is 423 g/mol. The molecule has 3 aromatic rings. The second kappa shape index (κ2) is 8.72. The van der Waals surface area contributed by atoms with Crippen LogP contribution in [0.5, 0.6) is 0 Å². The maximum atomic E-state index is 12.7. The molecule has 0 bridgehead atoms. The zero-order valence-electron chi connectivity index (χ0n) is 15.5. The summed E-state index contributed by atoms with van der Waals surface area (Å²) in [5.74, 6) is -0.368. The zero-order valence-corrected chi connectivity index (χ0v) is 17.1. The topological polar surface area (TPSA) is 58.2 Å². The maximum absolute atomic E-state index is 12.7. The summed E-state index contributed by atoms with van der Waals surface area (Å²) in [5.41, 5.74) is 3.67. The lowest BCUT2D eigenvalue weighted by molar-refractivity contribution is -0.120. The Kier molecular flexibility index (Phi) is 5.88. The third-order valence-electron chi connectivity index (χ3n) is 4.66. The van der Waals surface area contributed by atoms with E-state index in [1.165, 1.54) is 17.3 Å². The van der Waals surface area contributed by atoms with Gasteiger partial charge < -0.3 is 10.6 Å². The molecule has 4 rings (SSSR count). The van der Waals surface area contributed by atoms with Gasteiger partial charge in [0.1, 0.15) is 0 Å². The first-order valence-electron chi connectivity index (χ1n) is 9.27. The molecule has 1 atom stereocenters. The number of carbonyl (C=O) groups excluding carboxylic acids is 2. The molecule has 0 saturated carbocycles. The molecule has 0 radical (unpaired) electrons. The highest BCUT2D eigenvalue weighted by molar-refractivity contribution is 8.01. The van der Waals surface area contributed by atoms with E-state index in [0.717, 1.165) is 22.6 Å². The number of carbonyl (C=O) groups is 2. The Morgan fingerprint density at radius 1 is 1.03 bits per heavy atom. The third kappa shape index (κ3) is 4.81. The van der Waals surface area contributed by atoms with Crippen LogP contribution >= 0.6 is 23.4 Å². The van der Waals surface area contributed by atoms with E-state index < -0.39 is 5.25 Å². The van der Waals surface area contributed by atoms with Crippen LogP contribution < -0.4 is 10.6 Å². The van der Waals surface area contributed by atoms with Gasteiger partial charge in [-0.15, -0.1) is 11.8 Å². The Labute approximate surface area is 178 Å². The molecule has 0 spiro atoms. The van der Waals surface area contributed by atoms with E-state index in [0.29, 0.717) is 10.7 Å². The van der Waals surface area contributed by atoms with Crippen molar-refractivity contribution in [2.24, 2.45) is 0 Å². The van der Waals surface area contributed by atoms with Gasteiger partial charge in [0, 0.05) is 22.0 Å². The molecule has 29 heavy (non-hydrogen) atoms. The van der Waals surface area contributed by atoms with E-state index in [1.807, 2.05) is 48.5 Å². The fourth-order valence-electron chi connectivity index (χ4n) is 3.24. The number of hydrogen-bond acceptors (Lipinski definition) is 3. The van der Waals surface area contributed by atoms with Crippen molar-refractivity contribution >= 4 is 46.6 Å². The van der Waals surface area contributed by atoms with Crippen molar-refractivity contribution in [3.05, 3.63) is 88.9 Å². The van der Waals surface area contributed by atoms with Crippen LogP contribution in [0.3, 0.4) is 0 Å². The number of nitrogens with one attached hydrogen (secondary N) is 2. The number of benzene rings is 3. The smallest absolute Gasteiger partial charge is 0.238 e. The van der Waals surface area contributed by atoms with E-state index in [-0.39, 0.29) is 18.2 Å². The minimum atomic E-state index is -0.482. The molecule has 0 saturated heterocycles. The molecule has 1 heterocycles. The highest BCUT2D eigenvalue weighted by Gasteiger charge is 2.29. The minimum Gasteiger partial charge on any atom is -0.326 e. The minimum absolute atomic E-state index is 0.0955. The summed E-state index contributed by atoms with van der Waals surface area (Å²) in [6.45, 7) is 0. The zero-order chi connectivity index (χ0) is 20.2.